The summed E-state index contributed by atoms with van der Waals surface area (Å²) in [4.78, 5) is 41.9. The number of quaternary nitrogens is 1. The Balaban J connectivity index is 1.43. The second kappa shape index (κ2) is 14.8. The highest BCUT2D eigenvalue weighted by Gasteiger charge is 2.48. The van der Waals surface area contributed by atoms with Gasteiger partial charge in [-0.25, -0.2) is 0 Å². The molecular weight excluding hydrogens is 732 g/mol. The fourth-order valence-corrected chi connectivity index (χ4v) is 6.71. The number of methoxy groups -OCH3 is 2. The number of hydrogen-bond acceptors (Lipinski definition) is 6. The lowest BCUT2D eigenvalue weighted by Gasteiger charge is -2.46. The first-order chi connectivity index (χ1) is 26.1. The number of carboxylic acid groups (broad SMARTS) is 1. The summed E-state index contributed by atoms with van der Waals surface area (Å²) < 4.78 is 89.8. The van der Waals surface area contributed by atoms with Crippen molar-refractivity contribution in [1.29, 1.82) is 0 Å². The van der Waals surface area contributed by atoms with Crippen molar-refractivity contribution in [2.45, 2.75) is 24.9 Å². The number of fused-ring (bicyclic) bond motifs is 1. The van der Waals surface area contributed by atoms with E-state index in [1.807, 2.05) is 0 Å². The monoisotopic (exact) mass is 763 g/mol. The molecule has 1 heterocycles. The van der Waals surface area contributed by atoms with Crippen LogP contribution < -0.4 is 25.3 Å². The highest BCUT2D eigenvalue weighted by Crippen LogP contribution is 2.40. The second-order valence-electron chi connectivity index (χ2n) is 12.5. The predicted octanol–water partition coefficient (Wildman–Crippen LogP) is 7.57. The molecule has 5 aromatic rings. The molecule has 0 radical (unpaired) electrons. The Kier molecular flexibility index (Phi) is 10.3. The number of alkyl halides is 6. The van der Waals surface area contributed by atoms with Gasteiger partial charge in [0.25, 0.3) is 17.9 Å². The molecule has 6 rings (SSSR count). The van der Waals surface area contributed by atoms with Crippen molar-refractivity contribution < 1.29 is 59.9 Å². The number of nitrogens with zero attached hydrogens (tertiary/aromatic N) is 1. The highest BCUT2D eigenvalue weighted by atomic mass is 19.4. The van der Waals surface area contributed by atoms with Gasteiger partial charge in [0.05, 0.1) is 36.5 Å². The maximum Gasteiger partial charge on any atom is 0.416 e. The van der Waals surface area contributed by atoms with Crippen molar-refractivity contribution in [3.63, 3.8) is 0 Å². The van der Waals surface area contributed by atoms with E-state index in [4.69, 9.17) is 9.47 Å². The van der Waals surface area contributed by atoms with Gasteiger partial charge in [-0.3, -0.25) is 14.9 Å². The molecule has 5 aromatic carbocycles. The summed E-state index contributed by atoms with van der Waals surface area (Å²) in [6.07, 6.45) is -12.5. The van der Waals surface area contributed by atoms with Crippen LogP contribution in [-0.2, 0) is 18.8 Å². The zero-order valence-corrected chi connectivity index (χ0v) is 29.0. The highest BCUT2D eigenvalue weighted by molar-refractivity contribution is 6.03. The first kappa shape index (κ1) is 38.4. The smallest absolute Gasteiger partial charge is 0.416 e. The summed E-state index contributed by atoms with van der Waals surface area (Å²) in [6, 6.07) is 23.3. The summed E-state index contributed by atoms with van der Waals surface area (Å²) in [7, 11) is 2.61. The van der Waals surface area contributed by atoms with E-state index in [0.717, 1.165) is 36.4 Å². The number of carbonyl (C=O) groups excluding carboxylic acids is 3. The Morgan fingerprint density at radius 1 is 0.655 bits per heavy atom. The largest absolute Gasteiger partial charge is 0.496 e. The number of halogens is 6. The molecule has 0 spiro atoms. The van der Waals surface area contributed by atoms with Crippen molar-refractivity contribution in [2.24, 2.45) is 0 Å². The van der Waals surface area contributed by atoms with Gasteiger partial charge in [-0.1, -0.05) is 60.7 Å². The fraction of sp³-hybridized carbons (Fsp3) is 0.175. The fourth-order valence-electron chi connectivity index (χ4n) is 6.71. The SMILES string of the molecule is COc1cccc(C(=O)NC2c3ccccc3CC[N+]2(NC(=O)c2cccc(OC)c2-c2ccc(C(F)(F)F)cc2)C(=O)[O-])c1-c1ccc(C(F)(F)F)cc1. The lowest BCUT2D eigenvalue weighted by Crippen LogP contribution is -2.73. The van der Waals surface area contributed by atoms with Gasteiger partial charge in [0.15, 0.2) is 0 Å². The van der Waals surface area contributed by atoms with E-state index in [9.17, 15) is 45.8 Å². The van der Waals surface area contributed by atoms with Crippen molar-refractivity contribution in [3.8, 4) is 33.8 Å². The Bertz CT molecular complexity index is 2260. The van der Waals surface area contributed by atoms with Crippen LogP contribution in [0.4, 0.5) is 31.1 Å². The van der Waals surface area contributed by atoms with Crippen LogP contribution in [0.15, 0.2) is 109 Å². The summed E-state index contributed by atoms with van der Waals surface area (Å²) in [5, 5.41) is 16.1. The van der Waals surface area contributed by atoms with E-state index in [0.29, 0.717) is 11.1 Å². The second-order valence-corrected chi connectivity index (χ2v) is 12.5. The molecule has 0 saturated carbocycles. The van der Waals surface area contributed by atoms with Crippen LogP contribution >= 0.6 is 0 Å². The molecule has 284 valence electrons. The van der Waals surface area contributed by atoms with Crippen molar-refractivity contribution in [3.05, 3.63) is 143 Å². The van der Waals surface area contributed by atoms with Gasteiger partial charge < -0.3 is 19.4 Å². The van der Waals surface area contributed by atoms with Crippen LogP contribution in [0.3, 0.4) is 0 Å². The number of nitrogens with one attached hydrogen (secondary N) is 2. The molecular formula is C40H31F6N3O6. The Labute approximate surface area is 310 Å². The van der Waals surface area contributed by atoms with E-state index in [2.05, 4.69) is 10.7 Å². The van der Waals surface area contributed by atoms with Gasteiger partial charge >= 0.3 is 12.4 Å². The molecule has 2 N–H and O–H groups in total. The maximum atomic E-state index is 14.3. The molecule has 0 bridgehead atoms. The van der Waals surface area contributed by atoms with Gasteiger partial charge in [-0.2, -0.15) is 31.8 Å². The third-order valence-corrected chi connectivity index (χ3v) is 9.40. The van der Waals surface area contributed by atoms with Crippen LogP contribution in [0.5, 0.6) is 11.5 Å². The number of amides is 3. The minimum absolute atomic E-state index is 0.0725. The molecule has 1 aliphatic heterocycles. The molecule has 1 aliphatic rings. The van der Waals surface area contributed by atoms with E-state index in [1.54, 1.807) is 24.3 Å². The quantitative estimate of drug-likeness (QED) is 0.131. The number of carbonyl (C=O) groups is 3. The number of rotatable bonds is 7. The number of ether oxygens (including phenoxy) is 2. The van der Waals surface area contributed by atoms with E-state index >= 15 is 0 Å². The molecule has 0 aromatic heterocycles. The van der Waals surface area contributed by atoms with Gasteiger partial charge in [0.2, 0.25) is 6.17 Å². The predicted molar refractivity (Wildman–Crippen MR) is 185 cm³/mol. The summed E-state index contributed by atoms with van der Waals surface area (Å²) >= 11 is 0. The lowest BCUT2D eigenvalue weighted by molar-refractivity contribution is -0.941. The Morgan fingerprint density at radius 3 is 1.58 bits per heavy atom. The maximum absolute atomic E-state index is 14.3. The van der Waals surface area contributed by atoms with Crippen LogP contribution in [0.1, 0.15) is 49.1 Å². The van der Waals surface area contributed by atoms with Crippen molar-refractivity contribution >= 4 is 17.9 Å². The average Bonchev–Trinajstić information content (AvgIpc) is 3.17. The lowest BCUT2D eigenvalue weighted by atomic mass is 9.94. The van der Waals surface area contributed by atoms with Crippen LogP contribution in [0.25, 0.3) is 22.3 Å². The number of hydrogen-bond donors (Lipinski definition) is 2. The molecule has 2 unspecified atom stereocenters. The standard InChI is InChI=1S/C40H31F6N3O6/c1-54-31-11-5-9-29(33(31)24-13-17-26(18-14-24)39(41,42)43)36(50)47-35-28-8-4-3-7-23(28)21-22-49(35,38(52)53)48-37(51)30-10-6-12-32(55-2)34(30)25-15-19-27(20-16-25)40(44,45)46/h3-20,35H,21-22H2,1-2H3,(H2-,47,48,50,51,52,53). The van der Waals surface area contributed by atoms with E-state index < -0.39 is 52.1 Å². The molecule has 0 aliphatic carbocycles. The minimum atomic E-state index is -4.63. The van der Waals surface area contributed by atoms with Gasteiger partial charge in [-0.05, 0) is 65.2 Å². The number of benzene rings is 5. The molecule has 2 atom stereocenters. The first-order valence-electron chi connectivity index (χ1n) is 16.6. The minimum Gasteiger partial charge on any atom is -0.496 e. The van der Waals surface area contributed by atoms with Gasteiger partial charge in [0.1, 0.15) is 18.0 Å². The Morgan fingerprint density at radius 2 is 1.13 bits per heavy atom. The third-order valence-electron chi connectivity index (χ3n) is 9.40. The zero-order valence-electron chi connectivity index (χ0n) is 29.0. The molecule has 55 heavy (non-hydrogen) atoms. The van der Waals surface area contributed by atoms with Crippen LogP contribution in [0, 0.1) is 0 Å². The summed E-state index contributed by atoms with van der Waals surface area (Å²) in [5.41, 5.74) is 1.98. The normalized spacial score (nSPS) is 16.8. The Hall–Kier alpha value is -6.35. The zero-order chi connectivity index (χ0) is 39.7. The summed E-state index contributed by atoms with van der Waals surface area (Å²) in [5.74, 6) is -1.60. The van der Waals surface area contributed by atoms with Crippen LogP contribution in [0.2, 0.25) is 0 Å². The molecule has 0 saturated heterocycles. The van der Waals surface area contributed by atoms with Crippen LogP contribution in [-0.4, -0.2) is 43.3 Å². The van der Waals surface area contributed by atoms with Gasteiger partial charge in [-0.15, -0.1) is 4.59 Å². The topological polar surface area (TPSA) is 117 Å². The van der Waals surface area contributed by atoms with E-state index in [-0.39, 0.29) is 57.8 Å². The molecule has 0 fully saturated rings. The first-order valence-corrected chi connectivity index (χ1v) is 16.6. The third kappa shape index (κ3) is 7.42. The van der Waals surface area contributed by atoms with E-state index in [1.165, 1.54) is 62.8 Å². The van der Waals surface area contributed by atoms with Crippen molar-refractivity contribution in [2.75, 3.05) is 20.8 Å². The average molecular weight is 764 g/mol. The van der Waals surface area contributed by atoms with Gasteiger partial charge in [0, 0.05) is 23.1 Å². The molecule has 9 nitrogen and oxygen atoms in total. The molecule has 15 heteroatoms. The summed E-state index contributed by atoms with van der Waals surface area (Å²) in [6.45, 7) is -0.320. The van der Waals surface area contributed by atoms with Crippen molar-refractivity contribution in [1.82, 2.24) is 10.7 Å². The molecule has 3 amide bonds.